The van der Waals surface area contributed by atoms with E-state index in [0.29, 0.717) is 12.8 Å². The first kappa shape index (κ1) is 93.2. The second-order valence-corrected chi connectivity index (χ2v) is 29.9. The van der Waals surface area contributed by atoms with E-state index in [-0.39, 0.29) is 18.9 Å². The number of nitrogens with one attached hydrogen (secondary N) is 1. The van der Waals surface area contributed by atoms with Gasteiger partial charge >= 0.3 is 0 Å². The molecular weight excluding hydrogens is 1290 g/mol. The van der Waals surface area contributed by atoms with Crippen LogP contribution in [0.5, 0.6) is 0 Å². The Morgan fingerprint density at radius 3 is 0.990 bits per heavy atom. The van der Waals surface area contributed by atoms with Gasteiger partial charge in [0, 0.05) is 6.42 Å². The van der Waals surface area contributed by atoms with Crippen molar-refractivity contribution in [1.82, 2.24) is 5.32 Å². The van der Waals surface area contributed by atoms with E-state index in [1.165, 1.54) is 276 Å². The molecule has 0 spiro atoms. The third-order valence-corrected chi connectivity index (χ3v) is 20.9. The summed E-state index contributed by atoms with van der Waals surface area (Å²) in [5, 5.41) is 121. The van der Waals surface area contributed by atoms with Gasteiger partial charge in [-0.25, -0.2) is 0 Å². The Morgan fingerprint density at radius 2 is 0.634 bits per heavy atom. The van der Waals surface area contributed by atoms with E-state index in [9.17, 15) is 61.0 Å². The van der Waals surface area contributed by atoms with Gasteiger partial charge in [-0.15, -0.1) is 0 Å². The quantitative estimate of drug-likeness (QED) is 0.0199. The molecule has 0 aromatic carbocycles. The lowest BCUT2D eigenvalue weighted by molar-refractivity contribution is -0.379. The molecule has 3 rings (SSSR count). The Morgan fingerprint density at radius 1 is 0.347 bits per heavy atom. The molecule has 0 aromatic rings. The number of hydrogen-bond donors (Lipinski definition) is 12. The molecule has 0 radical (unpaired) electrons. The van der Waals surface area contributed by atoms with Gasteiger partial charge in [-0.05, 0) is 57.8 Å². The van der Waals surface area contributed by atoms with Crippen LogP contribution in [-0.4, -0.2) is 193 Å². The minimum absolute atomic E-state index is 0.239. The van der Waals surface area contributed by atoms with Gasteiger partial charge in [0.05, 0.1) is 38.6 Å². The normalized spacial score (nSPS) is 26.4. The molecule has 17 atom stereocenters. The lowest BCUT2D eigenvalue weighted by atomic mass is 9.96. The first-order valence-corrected chi connectivity index (χ1v) is 41.7. The van der Waals surface area contributed by atoms with E-state index in [0.717, 1.165) is 38.5 Å². The lowest BCUT2D eigenvalue weighted by Gasteiger charge is -2.48. The standard InChI is InChI=1S/C82H153NO18/c1-3-5-7-9-11-13-15-17-19-21-23-25-27-29-31-32-34-36-38-40-42-44-46-48-50-52-54-56-58-60-70(88)83-65(66(87)59-57-55-53-51-49-47-45-43-41-39-37-35-33-30-28-26-24-22-20-18-16-14-12-10-8-6-4-2)64-96-80-76(94)73(91)78(68(62-85)98-80)101-82-77(95)74(92)79(69(63-86)99-82)100-81-75(93)72(90)71(89)67(61-84)97-81/h21,23,49,51,57,59,65-69,71-82,84-87,89-95H,3-20,22,24-48,50,52-56,58,60-64H2,1-2H3,(H,83,88)/b23-21-,51-49+,59-57+. The summed E-state index contributed by atoms with van der Waals surface area (Å²) >= 11 is 0. The zero-order chi connectivity index (χ0) is 73.2. The highest BCUT2D eigenvalue weighted by atomic mass is 16.8. The average Bonchev–Trinajstić information content (AvgIpc) is 0.796. The van der Waals surface area contributed by atoms with Gasteiger partial charge in [-0.1, -0.05) is 320 Å². The molecule has 12 N–H and O–H groups in total. The SMILES string of the molecule is CCCCCCCCCC/C=C\CCCCCCCCCCCCCCCCCCCC(=O)NC(COC1OC(CO)C(OC2OC(CO)C(OC3OC(CO)C(O)C(O)C3O)C(O)C2O)C(O)C1O)C(O)/C=C/CC/C=C/CCCCCCCCCCCCCCCCCCCCCCC. The van der Waals surface area contributed by atoms with Gasteiger partial charge in [-0.2, -0.15) is 0 Å². The maximum atomic E-state index is 13.5. The predicted octanol–water partition coefficient (Wildman–Crippen LogP) is 14.3. The number of carbonyl (C=O) groups is 1. The summed E-state index contributed by atoms with van der Waals surface area (Å²) in [5.74, 6) is -0.279. The first-order valence-electron chi connectivity index (χ1n) is 41.7. The number of ether oxygens (including phenoxy) is 6. The van der Waals surface area contributed by atoms with Crippen LogP contribution in [0.4, 0.5) is 0 Å². The smallest absolute Gasteiger partial charge is 0.220 e. The van der Waals surface area contributed by atoms with Gasteiger partial charge in [0.15, 0.2) is 18.9 Å². The second kappa shape index (κ2) is 63.0. The molecule has 19 nitrogen and oxygen atoms in total. The molecule has 3 aliphatic heterocycles. The second-order valence-electron chi connectivity index (χ2n) is 29.9. The maximum absolute atomic E-state index is 13.5. The number of carbonyl (C=O) groups excluding carboxylic acids is 1. The molecule has 3 aliphatic rings. The number of amides is 1. The van der Waals surface area contributed by atoms with Gasteiger partial charge < -0.3 is 89.9 Å². The maximum Gasteiger partial charge on any atom is 0.220 e. The highest BCUT2D eigenvalue weighted by Crippen LogP contribution is 2.33. The third kappa shape index (κ3) is 43.0. The zero-order valence-electron chi connectivity index (χ0n) is 63.7. The van der Waals surface area contributed by atoms with Crippen molar-refractivity contribution in [3.8, 4) is 0 Å². The minimum Gasteiger partial charge on any atom is -0.394 e. The molecule has 17 unspecified atom stereocenters. The van der Waals surface area contributed by atoms with Gasteiger partial charge in [0.25, 0.3) is 0 Å². The van der Waals surface area contributed by atoms with E-state index in [1.54, 1.807) is 6.08 Å². The number of aliphatic hydroxyl groups excluding tert-OH is 11. The van der Waals surface area contributed by atoms with Crippen molar-refractivity contribution in [3.05, 3.63) is 36.5 Å². The largest absolute Gasteiger partial charge is 0.394 e. The number of hydrogen-bond acceptors (Lipinski definition) is 18. The molecule has 3 saturated heterocycles. The van der Waals surface area contributed by atoms with Gasteiger partial charge in [0.2, 0.25) is 5.91 Å². The van der Waals surface area contributed by atoms with E-state index in [1.807, 2.05) is 6.08 Å². The fourth-order valence-corrected chi connectivity index (χ4v) is 14.2. The number of unbranched alkanes of at least 4 members (excludes halogenated alkanes) is 47. The Kier molecular flexibility index (Phi) is 58.1. The third-order valence-electron chi connectivity index (χ3n) is 20.9. The summed E-state index contributed by atoms with van der Waals surface area (Å²) in [5.41, 5.74) is 0. The molecule has 594 valence electrons. The van der Waals surface area contributed by atoms with Crippen molar-refractivity contribution in [2.24, 2.45) is 0 Å². The van der Waals surface area contributed by atoms with Crippen molar-refractivity contribution in [2.75, 3.05) is 26.4 Å². The fraction of sp³-hybridized carbons (Fsp3) is 0.915. The summed E-state index contributed by atoms with van der Waals surface area (Å²) < 4.78 is 34.5. The Bertz CT molecular complexity index is 1960. The summed E-state index contributed by atoms with van der Waals surface area (Å²) in [6.45, 7) is 1.77. The lowest BCUT2D eigenvalue weighted by Crippen LogP contribution is -2.66. The highest BCUT2D eigenvalue weighted by Gasteiger charge is 2.54. The van der Waals surface area contributed by atoms with E-state index in [4.69, 9.17) is 28.4 Å². The van der Waals surface area contributed by atoms with Crippen LogP contribution >= 0.6 is 0 Å². The molecule has 0 aromatic heterocycles. The van der Waals surface area contributed by atoms with Crippen LogP contribution in [0.25, 0.3) is 0 Å². The Balaban J connectivity index is 1.37. The van der Waals surface area contributed by atoms with Crippen molar-refractivity contribution in [3.63, 3.8) is 0 Å². The Labute approximate surface area is 612 Å². The van der Waals surface area contributed by atoms with Crippen LogP contribution in [0.2, 0.25) is 0 Å². The van der Waals surface area contributed by atoms with E-state index >= 15 is 0 Å². The molecule has 101 heavy (non-hydrogen) atoms. The van der Waals surface area contributed by atoms with Crippen molar-refractivity contribution in [2.45, 2.75) is 452 Å². The monoisotopic (exact) mass is 1440 g/mol. The summed E-state index contributed by atoms with van der Waals surface area (Å²) in [7, 11) is 0. The average molecular weight is 1440 g/mol. The van der Waals surface area contributed by atoms with Crippen LogP contribution < -0.4 is 5.32 Å². The summed E-state index contributed by atoms with van der Waals surface area (Å²) in [6.07, 6.45) is 51.4. The molecule has 19 heteroatoms. The zero-order valence-corrected chi connectivity index (χ0v) is 63.7. The minimum atomic E-state index is -1.98. The Hall–Kier alpha value is -1.99. The molecule has 3 fully saturated rings. The molecule has 0 aliphatic carbocycles. The van der Waals surface area contributed by atoms with E-state index in [2.05, 4.69) is 43.5 Å². The van der Waals surface area contributed by atoms with Gasteiger partial charge in [0.1, 0.15) is 73.2 Å². The first-order chi connectivity index (χ1) is 49.3. The molecule has 0 bridgehead atoms. The topological polar surface area (TPSA) is 307 Å². The van der Waals surface area contributed by atoms with E-state index < -0.39 is 124 Å². The van der Waals surface area contributed by atoms with Crippen LogP contribution in [0.15, 0.2) is 36.5 Å². The predicted molar refractivity (Wildman–Crippen MR) is 402 cm³/mol. The van der Waals surface area contributed by atoms with Crippen molar-refractivity contribution in [1.29, 1.82) is 0 Å². The van der Waals surface area contributed by atoms with Crippen molar-refractivity contribution < 1.29 is 89.4 Å². The van der Waals surface area contributed by atoms with Crippen LogP contribution in [0, 0.1) is 0 Å². The van der Waals surface area contributed by atoms with Crippen LogP contribution in [-0.2, 0) is 33.2 Å². The number of rotatable bonds is 67. The van der Waals surface area contributed by atoms with Crippen LogP contribution in [0.3, 0.4) is 0 Å². The number of aliphatic hydroxyl groups is 11. The number of allylic oxidation sites excluding steroid dienone is 5. The molecular formula is C82H153NO18. The summed E-state index contributed by atoms with van der Waals surface area (Å²) in [4.78, 5) is 13.5. The van der Waals surface area contributed by atoms with Crippen LogP contribution in [0.1, 0.15) is 348 Å². The van der Waals surface area contributed by atoms with Crippen molar-refractivity contribution >= 4 is 5.91 Å². The molecule has 3 heterocycles. The highest BCUT2D eigenvalue weighted by molar-refractivity contribution is 5.76. The molecule has 1 amide bonds. The molecule has 0 saturated carbocycles. The van der Waals surface area contributed by atoms with Gasteiger partial charge in [-0.3, -0.25) is 4.79 Å². The summed E-state index contributed by atoms with van der Waals surface area (Å²) in [6, 6.07) is -0.990. The fourth-order valence-electron chi connectivity index (χ4n) is 14.2.